The highest BCUT2D eigenvalue weighted by Crippen LogP contribution is 2.27. The molecular weight excluding hydrogens is 423 g/mol. The van der Waals surface area contributed by atoms with Crippen LogP contribution in [0.2, 0.25) is 0 Å². The Kier molecular flexibility index (Phi) is 6.51. The number of carbonyl (C=O) groups is 2. The maximum absolute atomic E-state index is 13.6. The maximum Gasteiger partial charge on any atom is 0.274 e. The van der Waals surface area contributed by atoms with E-state index in [1.165, 1.54) is 12.1 Å². The molecule has 3 aromatic carbocycles. The van der Waals surface area contributed by atoms with Crippen molar-refractivity contribution in [2.75, 3.05) is 13.7 Å². The molecule has 7 heteroatoms. The second-order valence-corrected chi connectivity index (χ2v) is 7.74. The zero-order valence-electron chi connectivity index (χ0n) is 18.0. The van der Waals surface area contributed by atoms with Gasteiger partial charge in [0.25, 0.3) is 11.8 Å². The number of benzene rings is 3. The first-order valence-electron chi connectivity index (χ1n) is 10.5. The van der Waals surface area contributed by atoms with Crippen molar-refractivity contribution in [3.63, 3.8) is 0 Å². The summed E-state index contributed by atoms with van der Waals surface area (Å²) in [5.74, 6) is -0.471. The summed E-state index contributed by atoms with van der Waals surface area (Å²) in [6, 6.07) is 18.3. The first-order chi connectivity index (χ1) is 16.0. The standard InChI is InChI=1S/C26H23FN2O4/c1-33-23-10-2-17(3-11-23)14-24(19-6-8-22(27)9-7-19)26(31)29-13-12-18-4-5-20(25(30)28-32)15-21(18)16-29/h2-11,14-15,32H,12-13,16H2,1H3,(H,28,30)/b24-14-. The van der Waals surface area contributed by atoms with Crippen LogP contribution in [-0.2, 0) is 17.8 Å². The van der Waals surface area contributed by atoms with E-state index in [4.69, 9.17) is 9.94 Å². The molecule has 0 fully saturated rings. The number of carbonyl (C=O) groups excluding carboxylic acids is 2. The molecule has 4 rings (SSSR count). The zero-order valence-corrected chi connectivity index (χ0v) is 18.0. The molecule has 0 unspecified atom stereocenters. The van der Waals surface area contributed by atoms with Gasteiger partial charge in [-0.15, -0.1) is 0 Å². The first kappa shape index (κ1) is 22.2. The molecule has 0 aliphatic carbocycles. The number of fused-ring (bicyclic) bond motifs is 1. The predicted octanol–water partition coefficient (Wildman–Crippen LogP) is 4.08. The monoisotopic (exact) mass is 446 g/mol. The van der Waals surface area contributed by atoms with Gasteiger partial charge in [-0.3, -0.25) is 14.8 Å². The Bertz CT molecular complexity index is 1200. The van der Waals surface area contributed by atoms with Crippen LogP contribution in [0.5, 0.6) is 5.75 Å². The molecule has 3 aromatic rings. The van der Waals surface area contributed by atoms with Crippen LogP contribution in [0.25, 0.3) is 11.6 Å². The minimum Gasteiger partial charge on any atom is -0.497 e. The number of hydrogen-bond donors (Lipinski definition) is 2. The van der Waals surface area contributed by atoms with Crippen molar-refractivity contribution in [2.24, 2.45) is 0 Å². The first-order valence-corrected chi connectivity index (χ1v) is 10.5. The summed E-state index contributed by atoms with van der Waals surface area (Å²) in [5.41, 5.74) is 5.70. The SMILES string of the molecule is COc1ccc(/C=C(\C(=O)N2CCc3ccc(C(=O)NO)cc3C2)c2ccc(F)cc2)cc1. The zero-order chi connectivity index (χ0) is 23.4. The number of nitrogens with zero attached hydrogens (tertiary/aromatic N) is 1. The van der Waals surface area contributed by atoms with Crippen molar-refractivity contribution >= 4 is 23.5 Å². The normalized spacial score (nSPS) is 13.3. The molecule has 33 heavy (non-hydrogen) atoms. The summed E-state index contributed by atoms with van der Waals surface area (Å²) in [4.78, 5) is 27.1. The van der Waals surface area contributed by atoms with E-state index in [9.17, 15) is 14.0 Å². The van der Waals surface area contributed by atoms with Crippen molar-refractivity contribution in [3.8, 4) is 5.75 Å². The average Bonchev–Trinajstić information content (AvgIpc) is 2.86. The molecule has 1 aliphatic heterocycles. The van der Waals surface area contributed by atoms with Gasteiger partial charge in [0, 0.05) is 24.2 Å². The summed E-state index contributed by atoms with van der Waals surface area (Å²) < 4.78 is 18.7. The number of hydroxylamine groups is 1. The van der Waals surface area contributed by atoms with Gasteiger partial charge in [0.2, 0.25) is 0 Å². The fraction of sp³-hybridized carbons (Fsp3) is 0.154. The number of amides is 2. The van der Waals surface area contributed by atoms with Gasteiger partial charge in [-0.25, -0.2) is 9.87 Å². The topological polar surface area (TPSA) is 78.9 Å². The van der Waals surface area contributed by atoms with Crippen LogP contribution in [0.4, 0.5) is 4.39 Å². The van der Waals surface area contributed by atoms with Gasteiger partial charge >= 0.3 is 0 Å². The quantitative estimate of drug-likeness (QED) is 0.268. The third kappa shape index (κ3) is 4.94. The Balaban J connectivity index is 1.67. The second kappa shape index (κ2) is 9.67. The van der Waals surface area contributed by atoms with Crippen LogP contribution in [0.3, 0.4) is 0 Å². The Hall–Kier alpha value is -3.97. The lowest BCUT2D eigenvalue weighted by molar-refractivity contribution is -0.125. The third-order valence-corrected chi connectivity index (χ3v) is 5.68. The van der Waals surface area contributed by atoms with Gasteiger partial charge in [0.05, 0.1) is 7.11 Å². The van der Waals surface area contributed by atoms with Crippen molar-refractivity contribution in [1.82, 2.24) is 10.4 Å². The molecule has 0 saturated carbocycles. The number of halogens is 1. The highest BCUT2D eigenvalue weighted by molar-refractivity contribution is 6.24. The van der Waals surface area contributed by atoms with E-state index >= 15 is 0 Å². The molecule has 1 aliphatic rings. The van der Waals surface area contributed by atoms with Crippen LogP contribution in [-0.4, -0.2) is 35.6 Å². The fourth-order valence-electron chi connectivity index (χ4n) is 3.87. The molecule has 0 atom stereocenters. The van der Waals surface area contributed by atoms with E-state index in [1.807, 2.05) is 30.3 Å². The van der Waals surface area contributed by atoms with E-state index in [0.29, 0.717) is 42.0 Å². The predicted molar refractivity (Wildman–Crippen MR) is 122 cm³/mol. The molecule has 0 bridgehead atoms. The summed E-state index contributed by atoms with van der Waals surface area (Å²) in [6.07, 6.45) is 2.42. The highest BCUT2D eigenvalue weighted by Gasteiger charge is 2.25. The van der Waals surface area contributed by atoms with Gasteiger partial charge in [0.15, 0.2) is 0 Å². The van der Waals surface area contributed by atoms with Crippen molar-refractivity contribution in [1.29, 1.82) is 0 Å². The van der Waals surface area contributed by atoms with Gasteiger partial charge in [0.1, 0.15) is 11.6 Å². The Morgan fingerprint density at radius 1 is 1.00 bits per heavy atom. The molecule has 2 amide bonds. The summed E-state index contributed by atoms with van der Waals surface area (Å²) in [5, 5.41) is 8.92. The second-order valence-electron chi connectivity index (χ2n) is 7.74. The average molecular weight is 446 g/mol. The molecule has 2 N–H and O–H groups in total. The highest BCUT2D eigenvalue weighted by atomic mass is 19.1. The minimum absolute atomic E-state index is 0.194. The van der Waals surface area contributed by atoms with Crippen LogP contribution in [0, 0.1) is 5.82 Å². The fourth-order valence-corrected chi connectivity index (χ4v) is 3.87. The summed E-state index contributed by atoms with van der Waals surface area (Å²) in [6.45, 7) is 0.834. The largest absolute Gasteiger partial charge is 0.497 e. The van der Waals surface area contributed by atoms with Gasteiger partial charge < -0.3 is 9.64 Å². The van der Waals surface area contributed by atoms with Crippen LogP contribution >= 0.6 is 0 Å². The number of nitrogens with one attached hydrogen (secondary N) is 1. The number of rotatable bonds is 5. The number of methoxy groups -OCH3 is 1. The number of hydrogen-bond acceptors (Lipinski definition) is 4. The summed E-state index contributed by atoms with van der Waals surface area (Å²) >= 11 is 0. The Morgan fingerprint density at radius 2 is 1.70 bits per heavy atom. The lowest BCUT2D eigenvalue weighted by Gasteiger charge is -2.30. The van der Waals surface area contributed by atoms with E-state index < -0.39 is 5.91 Å². The lowest BCUT2D eigenvalue weighted by Crippen LogP contribution is -2.36. The van der Waals surface area contributed by atoms with Crippen LogP contribution in [0.15, 0.2) is 66.7 Å². The lowest BCUT2D eigenvalue weighted by atomic mass is 9.95. The smallest absolute Gasteiger partial charge is 0.274 e. The van der Waals surface area contributed by atoms with Crippen molar-refractivity contribution in [3.05, 3.63) is 100 Å². The van der Waals surface area contributed by atoms with Gasteiger partial charge in [-0.2, -0.15) is 0 Å². The molecule has 6 nitrogen and oxygen atoms in total. The molecule has 0 saturated heterocycles. The maximum atomic E-state index is 13.6. The molecule has 0 aromatic heterocycles. The Labute approximate surface area is 190 Å². The summed E-state index contributed by atoms with van der Waals surface area (Å²) in [7, 11) is 1.59. The minimum atomic E-state index is -0.604. The van der Waals surface area contributed by atoms with E-state index in [-0.39, 0.29) is 11.7 Å². The van der Waals surface area contributed by atoms with E-state index in [1.54, 1.807) is 47.8 Å². The Morgan fingerprint density at radius 3 is 2.36 bits per heavy atom. The molecular formula is C26H23FN2O4. The van der Waals surface area contributed by atoms with Crippen LogP contribution < -0.4 is 10.2 Å². The third-order valence-electron chi connectivity index (χ3n) is 5.68. The van der Waals surface area contributed by atoms with Crippen molar-refractivity contribution < 1.29 is 23.9 Å². The van der Waals surface area contributed by atoms with Crippen molar-refractivity contribution in [2.45, 2.75) is 13.0 Å². The molecule has 168 valence electrons. The number of ether oxygens (including phenoxy) is 1. The van der Waals surface area contributed by atoms with Gasteiger partial charge in [-0.1, -0.05) is 30.3 Å². The van der Waals surface area contributed by atoms with Gasteiger partial charge in [-0.05, 0) is 71.1 Å². The molecule has 0 radical (unpaired) electrons. The molecule has 1 heterocycles. The van der Waals surface area contributed by atoms with Crippen LogP contribution in [0.1, 0.15) is 32.6 Å². The molecule has 0 spiro atoms. The van der Waals surface area contributed by atoms with E-state index in [0.717, 1.165) is 16.7 Å². The van der Waals surface area contributed by atoms with E-state index in [2.05, 4.69) is 0 Å².